The molecular weight excluding hydrogens is 342 g/mol. The van der Waals surface area contributed by atoms with E-state index in [-0.39, 0.29) is 0 Å². The molecule has 1 unspecified atom stereocenters. The third kappa shape index (κ3) is 6.17. The molecular formula is C14H14F6N2O2. The summed E-state index contributed by atoms with van der Waals surface area (Å²) in [4.78, 5) is 16.9. The van der Waals surface area contributed by atoms with Gasteiger partial charge in [-0.3, -0.25) is 9.98 Å². The van der Waals surface area contributed by atoms with E-state index in [4.69, 9.17) is 9.90 Å². The summed E-state index contributed by atoms with van der Waals surface area (Å²) in [7, 11) is 0. The van der Waals surface area contributed by atoms with E-state index in [0.717, 1.165) is 30.8 Å². The average Bonchev–Trinajstić information content (AvgIpc) is 2.47. The molecule has 0 fully saturated rings. The van der Waals surface area contributed by atoms with Crippen molar-refractivity contribution in [1.82, 2.24) is 4.98 Å². The third-order valence-corrected chi connectivity index (χ3v) is 3.11. The lowest BCUT2D eigenvalue weighted by Crippen LogP contribution is -2.21. The summed E-state index contributed by atoms with van der Waals surface area (Å²) in [5.74, 6) is -2.25. The molecule has 24 heavy (non-hydrogen) atoms. The van der Waals surface area contributed by atoms with Gasteiger partial charge >= 0.3 is 18.3 Å². The highest BCUT2D eigenvalue weighted by Gasteiger charge is 2.38. The van der Waals surface area contributed by atoms with Gasteiger partial charge in [0.25, 0.3) is 0 Å². The number of nitrogens with zero attached hydrogens (tertiary/aromatic N) is 2. The number of hydrogen-bond acceptors (Lipinski definition) is 3. The Morgan fingerprint density at radius 1 is 1.21 bits per heavy atom. The Balaban J connectivity index is 0.000000351. The molecule has 0 saturated carbocycles. The molecule has 134 valence electrons. The van der Waals surface area contributed by atoms with Crippen LogP contribution >= 0.6 is 0 Å². The largest absolute Gasteiger partial charge is 0.490 e. The SMILES string of the molecule is CC1CCC(c2cncc(C(F)(F)F)c2)=NC1.O=C(O)C(F)(F)F. The maximum absolute atomic E-state index is 12.5. The zero-order valence-electron chi connectivity index (χ0n) is 12.4. The Morgan fingerprint density at radius 3 is 2.21 bits per heavy atom. The minimum absolute atomic E-state index is 0.492. The lowest BCUT2D eigenvalue weighted by molar-refractivity contribution is -0.192. The first-order chi connectivity index (χ1) is 10.9. The van der Waals surface area contributed by atoms with E-state index in [2.05, 4.69) is 16.9 Å². The van der Waals surface area contributed by atoms with Gasteiger partial charge in [-0.2, -0.15) is 26.3 Å². The fourth-order valence-electron chi connectivity index (χ4n) is 1.81. The first-order valence-electron chi connectivity index (χ1n) is 6.77. The van der Waals surface area contributed by atoms with E-state index in [9.17, 15) is 26.3 Å². The second-order valence-corrected chi connectivity index (χ2v) is 5.19. The number of rotatable bonds is 1. The molecule has 1 aromatic heterocycles. The van der Waals surface area contributed by atoms with Crippen molar-refractivity contribution in [2.75, 3.05) is 6.54 Å². The lowest BCUT2D eigenvalue weighted by atomic mass is 9.96. The molecule has 0 aromatic carbocycles. The third-order valence-electron chi connectivity index (χ3n) is 3.11. The summed E-state index contributed by atoms with van der Waals surface area (Å²) in [6, 6.07) is 1.13. The number of alkyl halides is 6. The average molecular weight is 356 g/mol. The molecule has 4 nitrogen and oxygen atoms in total. The van der Waals surface area contributed by atoms with Crippen molar-refractivity contribution in [2.45, 2.75) is 32.1 Å². The van der Waals surface area contributed by atoms with Gasteiger partial charge in [0.15, 0.2) is 0 Å². The summed E-state index contributed by atoms with van der Waals surface area (Å²) < 4.78 is 69.3. The van der Waals surface area contributed by atoms with Gasteiger partial charge in [0.2, 0.25) is 0 Å². The van der Waals surface area contributed by atoms with Gasteiger partial charge in [-0.1, -0.05) is 6.92 Å². The van der Waals surface area contributed by atoms with Crippen LogP contribution in [0.5, 0.6) is 0 Å². The van der Waals surface area contributed by atoms with Crippen molar-refractivity contribution >= 4 is 11.7 Å². The van der Waals surface area contributed by atoms with Gasteiger partial charge in [0, 0.05) is 30.2 Å². The number of pyridine rings is 1. The second-order valence-electron chi connectivity index (χ2n) is 5.19. The molecule has 0 spiro atoms. The van der Waals surface area contributed by atoms with E-state index in [1.807, 2.05) is 0 Å². The maximum Gasteiger partial charge on any atom is 0.490 e. The van der Waals surface area contributed by atoms with Crippen LogP contribution in [0.1, 0.15) is 30.9 Å². The van der Waals surface area contributed by atoms with Crippen LogP contribution in [-0.2, 0) is 11.0 Å². The molecule has 10 heteroatoms. The lowest BCUT2D eigenvalue weighted by Gasteiger charge is -2.18. The quantitative estimate of drug-likeness (QED) is 0.775. The summed E-state index contributed by atoms with van der Waals surface area (Å²) in [5.41, 5.74) is 0.518. The Hall–Kier alpha value is -2.13. The van der Waals surface area contributed by atoms with E-state index in [1.54, 1.807) is 0 Å². The highest BCUT2D eigenvalue weighted by Crippen LogP contribution is 2.29. The fraction of sp³-hybridized carbons (Fsp3) is 0.500. The zero-order chi connectivity index (χ0) is 18.5. The highest BCUT2D eigenvalue weighted by molar-refractivity contribution is 6.00. The number of aliphatic imine (C=N–C) groups is 1. The minimum Gasteiger partial charge on any atom is -0.475 e. The second kappa shape index (κ2) is 7.63. The Kier molecular flexibility index (Phi) is 6.33. The van der Waals surface area contributed by atoms with Gasteiger partial charge in [0.05, 0.1) is 5.56 Å². The minimum atomic E-state index is -5.08. The van der Waals surface area contributed by atoms with E-state index in [0.29, 0.717) is 18.0 Å². The van der Waals surface area contributed by atoms with Crippen molar-refractivity contribution in [1.29, 1.82) is 0 Å². The van der Waals surface area contributed by atoms with Crippen molar-refractivity contribution in [2.24, 2.45) is 10.9 Å². The predicted octanol–water partition coefficient (Wildman–Crippen LogP) is 3.95. The first kappa shape index (κ1) is 19.9. The summed E-state index contributed by atoms with van der Waals surface area (Å²) in [6.07, 6.45) is -5.44. The van der Waals surface area contributed by atoms with Gasteiger partial charge < -0.3 is 5.11 Å². The van der Waals surface area contributed by atoms with Crippen molar-refractivity contribution in [3.8, 4) is 0 Å². The summed E-state index contributed by atoms with van der Waals surface area (Å²) >= 11 is 0. The summed E-state index contributed by atoms with van der Waals surface area (Å²) in [5, 5.41) is 7.12. The maximum atomic E-state index is 12.5. The fourth-order valence-corrected chi connectivity index (χ4v) is 1.81. The molecule has 0 saturated heterocycles. The Bertz CT molecular complexity index is 610. The van der Waals surface area contributed by atoms with Crippen LogP contribution in [0.4, 0.5) is 26.3 Å². The molecule has 1 atom stereocenters. The Morgan fingerprint density at radius 2 is 1.79 bits per heavy atom. The molecule has 2 heterocycles. The standard InChI is InChI=1S/C12H13F3N2.C2HF3O2/c1-8-2-3-11(17-5-8)9-4-10(7-16-6-9)12(13,14)15;3-2(4,5)1(6)7/h4,6-8H,2-3,5H2,1H3;(H,6,7). The van der Waals surface area contributed by atoms with Gasteiger partial charge in [0.1, 0.15) is 0 Å². The molecule has 1 aliphatic heterocycles. The van der Waals surface area contributed by atoms with Gasteiger partial charge in [-0.15, -0.1) is 0 Å². The molecule has 1 N–H and O–H groups in total. The topological polar surface area (TPSA) is 62.5 Å². The van der Waals surface area contributed by atoms with Crippen LogP contribution < -0.4 is 0 Å². The smallest absolute Gasteiger partial charge is 0.475 e. The van der Waals surface area contributed by atoms with Crippen LogP contribution in [-0.4, -0.2) is 34.5 Å². The molecule has 0 amide bonds. The van der Waals surface area contributed by atoms with E-state index < -0.39 is 23.9 Å². The van der Waals surface area contributed by atoms with Crippen LogP contribution in [0.2, 0.25) is 0 Å². The van der Waals surface area contributed by atoms with E-state index >= 15 is 0 Å². The molecule has 1 aliphatic rings. The van der Waals surface area contributed by atoms with Crippen molar-refractivity contribution in [3.05, 3.63) is 29.6 Å². The monoisotopic (exact) mass is 356 g/mol. The molecule has 0 radical (unpaired) electrons. The molecule has 0 aliphatic carbocycles. The number of carboxylic acids is 1. The predicted molar refractivity (Wildman–Crippen MR) is 72.7 cm³/mol. The van der Waals surface area contributed by atoms with E-state index in [1.165, 1.54) is 6.20 Å². The van der Waals surface area contributed by atoms with Crippen LogP contribution in [0, 0.1) is 5.92 Å². The zero-order valence-corrected chi connectivity index (χ0v) is 12.4. The highest BCUT2D eigenvalue weighted by atomic mass is 19.4. The molecule has 1 aromatic rings. The number of aliphatic carboxylic acids is 1. The van der Waals surface area contributed by atoms with Crippen LogP contribution in [0.15, 0.2) is 23.5 Å². The number of halogens is 6. The number of hydrogen-bond donors (Lipinski definition) is 1. The molecule has 2 rings (SSSR count). The molecule has 0 bridgehead atoms. The summed E-state index contributed by atoms with van der Waals surface area (Å²) in [6.45, 7) is 2.77. The first-order valence-corrected chi connectivity index (χ1v) is 6.77. The van der Waals surface area contributed by atoms with Gasteiger partial charge in [-0.25, -0.2) is 4.79 Å². The number of carbonyl (C=O) groups is 1. The van der Waals surface area contributed by atoms with Crippen LogP contribution in [0.25, 0.3) is 0 Å². The number of carboxylic acid groups (broad SMARTS) is 1. The van der Waals surface area contributed by atoms with Crippen molar-refractivity contribution in [3.63, 3.8) is 0 Å². The van der Waals surface area contributed by atoms with Crippen LogP contribution in [0.3, 0.4) is 0 Å². The van der Waals surface area contributed by atoms with Crippen molar-refractivity contribution < 1.29 is 36.2 Å². The Labute approximate surface area is 133 Å². The number of aromatic nitrogens is 1. The van der Waals surface area contributed by atoms with Gasteiger partial charge in [-0.05, 0) is 24.8 Å². The normalized spacial score (nSPS) is 18.3.